The van der Waals surface area contributed by atoms with Crippen LogP contribution in [-0.4, -0.2) is 42.9 Å². The van der Waals surface area contributed by atoms with Crippen LogP contribution < -0.4 is 10.9 Å². The number of likely N-dealkylation sites (tertiary alicyclic amines) is 1. The SMILES string of the molecule is CC(=O)N1CCC(n2cc(-c3cnc(N)c4oc(-c5cccc(S(N)=O)c5)cc34)cn2)CC1. The Morgan fingerprint density at radius 2 is 1.97 bits per heavy atom. The average Bonchev–Trinajstić information content (AvgIpc) is 3.48. The zero-order valence-electron chi connectivity index (χ0n) is 18.1. The summed E-state index contributed by atoms with van der Waals surface area (Å²) in [6.45, 7) is 3.08. The molecule has 9 nitrogen and oxygen atoms in total. The lowest BCUT2D eigenvalue weighted by Gasteiger charge is -2.31. The molecule has 4 N–H and O–H groups in total. The number of benzene rings is 1. The van der Waals surface area contributed by atoms with Crippen molar-refractivity contribution in [3.63, 3.8) is 0 Å². The van der Waals surface area contributed by atoms with Gasteiger partial charge in [-0.3, -0.25) is 9.48 Å². The molecule has 0 bridgehead atoms. The highest BCUT2D eigenvalue weighted by molar-refractivity contribution is 7.82. The predicted octanol–water partition coefficient (Wildman–Crippen LogP) is 3.11. The molecule has 1 atom stereocenters. The number of hydrogen-bond donors (Lipinski definition) is 2. The second-order valence-electron chi connectivity index (χ2n) is 8.18. The highest BCUT2D eigenvalue weighted by Gasteiger charge is 2.23. The van der Waals surface area contributed by atoms with E-state index in [9.17, 15) is 9.00 Å². The van der Waals surface area contributed by atoms with Crippen molar-refractivity contribution in [1.82, 2.24) is 19.7 Å². The Morgan fingerprint density at radius 1 is 1.18 bits per heavy atom. The molecule has 4 heterocycles. The average molecular weight is 465 g/mol. The Labute approximate surface area is 193 Å². The van der Waals surface area contributed by atoms with E-state index in [1.165, 1.54) is 0 Å². The number of anilines is 1. The molecular weight excluding hydrogens is 440 g/mol. The molecule has 1 aliphatic heterocycles. The predicted molar refractivity (Wildman–Crippen MR) is 126 cm³/mol. The van der Waals surface area contributed by atoms with E-state index in [4.69, 9.17) is 15.3 Å². The third-order valence-corrected chi connectivity index (χ3v) is 6.85. The molecule has 0 radical (unpaired) electrons. The summed E-state index contributed by atoms with van der Waals surface area (Å²) in [6.07, 6.45) is 7.28. The summed E-state index contributed by atoms with van der Waals surface area (Å²) in [6, 6.07) is 9.24. The summed E-state index contributed by atoms with van der Waals surface area (Å²) in [5.41, 5.74) is 9.12. The topological polar surface area (TPSA) is 133 Å². The molecule has 4 aromatic rings. The van der Waals surface area contributed by atoms with Gasteiger partial charge in [-0.05, 0) is 31.0 Å². The number of aromatic nitrogens is 3. The number of carbonyl (C=O) groups is 1. The maximum absolute atomic E-state index is 11.7. The summed E-state index contributed by atoms with van der Waals surface area (Å²) < 4.78 is 19.7. The summed E-state index contributed by atoms with van der Waals surface area (Å²) in [7, 11) is -1.59. The summed E-state index contributed by atoms with van der Waals surface area (Å²) in [5, 5.41) is 10.9. The minimum Gasteiger partial charge on any atom is -0.452 e. The maximum Gasteiger partial charge on any atom is 0.219 e. The number of carbonyl (C=O) groups excluding carboxylic acids is 1. The van der Waals surface area contributed by atoms with Crippen LogP contribution in [0.2, 0.25) is 0 Å². The Hall–Kier alpha value is -3.50. The van der Waals surface area contributed by atoms with E-state index in [2.05, 4.69) is 10.1 Å². The summed E-state index contributed by atoms with van der Waals surface area (Å²) in [5.74, 6) is 0.994. The van der Waals surface area contributed by atoms with Crippen molar-refractivity contribution in [2.45, 2.75) is 30.7 Å². The Morgan fingerprint density at radius 3 is 2.70 bits per heavy atom. The molecule has 1 amide bonds. The zero-order valence-corrected chi connectivity index (χ0v) is 18.9. The van der Waals surface area contributed by atoms with Crippen LogP contribution in [0.5, 0.6) is 0 Å². The monoisotopic (exact) mass is 464 g/mol. The van der Waals surface area contributed by atoms with Crippen LogP contribution in [0, 0.1) is 0 Å². The molecule has 0 aliphatic carbocycles. The molecule has 1 unspecified atom stereocenters. The minimum absolute atomic E-state index is 0.115. The van der Waals surface area contributed by atoms with Gasteiger partial charge in [-0.25, -0.2) is 14.3 Å². The number of hydrogen-bond acceptors (Lipinski definition) is 6. The fourth-order valence-electron chi connectivity index (χ4n) is 4.31. The summed E-state index contributed by atoms with van der Waals surface area (Å²) >= 11 is 0. The lowest BCUT2D eigenvalue weighted by Crippen LogP contribution is -2.37. The number of rotatable bonds is 4. The van der Waals surface area contributed by atoms with Crippen molar-refractivity contribution in [3.8, 4) is 22.5 Å². The van der Waals surface area contributed by atoms with Crippen LogP contribution in [-0.2, 0) is 15.8 Å². The Bertz CT molecular complexity index is 1370. The van der Waals surface area contributed by atoms with Crippen LogP contribution in [0.4, 0.5) is 5.82 Å². The van der Waals surface area contributed by atoms with Gasteiger partial charge in [0, 0.05) is 54.5 Å². The molecule has 1 saturated heterocycles. The molecular formula is C23H24N6O3S. The molecule has 0 saturated carbocycles. The van der Waals surface area contributed by atoms with Crippen LogP contribution in [0.15, 0.2) is 58.2 Å². The maximum atomic E-state index is 11.7. The first-order valence-corrected chi connectivity index (χ1v) is 11.9. The normalized spacial score (nSPS) is 15.8. The Balaban J connectivity index is 1.49. The molecule has 5 rings (SSSR count). The highest BCUT2D eigenvalue weighted by atomic mass is 32.2. The number of nitrogens with zero attached hydrogens (tertiary/aromatic N) is 4. The van der Waals surface area contributed by atoms with Gasteiger partial charge in [0.05, 0.1) is 17.1 Å². The quantitative estimate of drug-likeness (QED) is 0.477. The van der Waals surface area contributed by atoms with Crippen molar-refractivity contribution in [3.05, 3.63) is 48.9 Å². The van der Waals surface area contributed by atoms with Gasteiger partial charge in [-0.2, -0.15) is 5.10 Å². The van der Waals surface area contributed by atoms with Gasteiger partial charge in [-0.1, -0.05) is 12.1 Å². The first-order valence-electron chi connectivity index (χ1n) is 10.7. The van der Waals surface area contributed by atoms with Crippen molar-refractivity contribution in [1.29, 1.82) is 0 Å². The number of amides is 1. The molecule has 10 heteroatoms. The minimum atomic E-state index is -1.59. The fraction of sp³-hybridized carbons (Fsp3) is 0.261. The van der Waals surface area contributed by atoms with Crippen LogP contribution >= 0.6 is 0 Å². The second-order valence-corrected chi connectivity index (χ2v) is 9.25. The van der Waals surface area contributed by atoms with Crippen LogP contribution in [0.3, 0.4) is 0 Å². The van der Waals surface area contributed by atoms with Crippen molar-refractivity contribution in [2.75, 3.05) is 18.8 Å². The first-order chi connectivity index (χ1) is 15.9. The molecule has 0 spiro atoms. The number of pyridine rings is 1. The van der Waals surface area contributed by atoms with Gasteiger partial charge < -0.3 is 15.1 Å². The van der Waals surface area contributed by atoms with Gasteiger partial charge in [0.15, 0.2) is 11.4 Å². The molecule has 1 aliphatic rings. The number of nitrogens with two attached hydrogens (primary N) is 2. The number of furan rings is 1. The van der Waals surface area contributed by atoms with Crippen molar-refractivity contribution >= 4 is 33.7 Å². The van der Waals surface area contributed by atoms with Gasteiger partial charge in [0.2, 0.25) is 5.91 Å². The van der Waals surface area contributed by atoms with Crippen LogP contribution in [0.1, 0.15) is 25.8 Å². The zero-order chi connectivity index (χ0) is 23.1. The van der Waals surface area contributed by atoms with E-state index in [-0.39, 0.29) is 11.9 Å². The largest absolute Gasteiger partial charge is 0.452 e. The third-order valence-electron chi connectivity index (χ3n) is 6.13. The van der Waals surface area contributed by atoms with Gasteiger partial charge >= 0.3 is 0 Å². The second kappa shape index (κ2) is 8.45. The first kappa shape index (κ1) is 21.4. The number of piperidine rings is 1. The van der Waals surface area contributed by atoms with Crippen molar-refractivity contribution < 1.29 is 13.4 Å². The fourth-order valence-corrected chi connectivity index (χ4v) is 4.77. The molecule has 1 aromatic carbocycles. The van der Waals surface area contributed by atoms with E-state index >= 15 is 0 Å². The van der Waals surface area contributed by atoms with Gasteiger partial charge in [0.25, 0.3) is 0 Å². The van der Waals surface area contributed by atoms with Gasteiger partial charge in [0.1, 0.15) is 16.7 Å². The van der Waals surface area contributed by atoms with Crippen molar-refractivity contribution in [2.24, 2.45) is 5.14 Å². The molecule has 1 fully saturated rings. The smallest absolute Gasteiger partial charge is 0.219 e. The lowest BCUT2D eigenvalue weighted by atomic mass is 10.0. The molecule has 33 heavy (non-hydrogen) atoms. The lowest BCUT2D eigenvalue weighted by molar-refractivity contribution is -0.130. The molecule has 170 valence electrons. The van der Waals surface area contributed by atoms with E-state index < -0.39 is 11.0 Å². The van der Waals surface area contributed by atoms with Gasteiger partial charge in [-0.15, -0.1) is 0 Å². The van der Waals surface area contributed by atoms with Crippen LogP contribution in [0.25, 0.3) is 33.4 Å². The Kier molecular flexibility index (Phi) is 5.47. The van der Waals surface area contributed by atoms with E-state index in [0.717, 1.165) is 48.0 Å². The highest BCUT2D eigenvalue weighted by Crippen LogP contribution is 2.37. The third kappa shape index (κ3) is 4.03. The number of fused-ring (bicyclic) bond motifs is 1. The standard InChI is InChI=1S/C23H24N6O3S/c1-14(30)28-7-5-17(6-8-28)29-13-16(11-27-29)20-12-26-23(24)22-19(20)10-21(32-22)15-3-2-4-18(9-15)33(25)31/h2-4,9-13,17H,5-8,25H2,1H3,(H2,24,26). The number of nitrogen functional groups attached to an aromatic ring is 1. The molecule has 3 aromatic heterocycles. The summed E-state index contributed by atoms with van der Waals surface area (Å²) in [4.78, 5) is 18.3. The van der Waals surface area contributed by atoms with E-state index in [0.29, 0.717) is 22.1 Å². The van der Waals surface area contributed by atoms with E-state index in [1.54, 1.807) is 31.3 Å². The van der Waals surface area contributed by atoms with E-state index in [1.807, 2.05) is 34.1 Å².